The van der Waals surface area contributed by atoms with Crippen LogP contribution in [0.5, 0.6) is 0 Å². The van der Waals surface area contributed by atoms with Crippen molar-refractivity contribution in [2.24, 2.45) is 0 Å². The van der Waals surface area contributed by atoms with Gasteiger partial charge in [-0.3, -0.25) is 4.90 Å². The van der Waals surface area contributed by atoms with Crippen molar-refractivity contribution in [2.75, 3.05) is 11.9 Å². The van der Waals surface area contributed by atoms with Crippen LogP contribution in [0.2, 0.25) is 0 Å². The van der Waals surface area contributed by atoms with E-state index in [2.05, 4.69) is 22.5 Å². The van der Waals surface area contributed by atoms with Crippen LogP contribution in [0.3, 0.4) is 0 Å². The molecule has 1 unspecified atom stereocenters. The SMILES string of the molecule is C=CCC[C@@H](CCBr)N1C(=O)OCC1O. The summed E-state index contributed by atoms with van der Waals surface area (Å²) >= 11 is 3.34. The first-order chi connectivity index (χ1) is 7.20. The van der Waals surface area contributed by atoms with Crippen LogP contribution in [0, 0.1) is 0 Å². The van der Waals surface area contributed by atoms with Crippen LogP contribution in [0.1, 0.15) is 19.3 Å². The van der Waals surface area contributed by atoms with E-state index in [4.69, 9.17) is 4.74 Å². The number of carbonyl (C=O) groups excluding carboxylic acids is 1. The number of rotatable bonds is 6. The fraction of sp³-hybridized carbons (Fsp3) is 0.700. The lowest BCUT2D eigenvalue weighted by Crippen LogP contribution is -2.42. The number of halogens is 1. The van der Waals surface area contributed by atoms with Gasteiger partial charge in [0, 0.05) is 11.4 Å². The predicted octanol–water partition coefficient (Wildman–Crippen LogP) is 1.88. The lowest BCUT2D eigenvalue weighted by atomic mass is 10.1. The fourth-order valence-corrected chi connectivity index (χ4v) is 2.20. The second kappa shape index (κ2) is 6.12. The van der Waals surface area contributed by atoms with Gasteiger partial charge >= 0.3 is 6.09 Å². The summed E-state index contributed by atoms with van der Waals surface area (Å²) in [5, 5.41) is 10.4. The molecule has 1 fully saturated rings. The topological polar surface area (TPSA) is 49.8 Å². The number of cyclic esters (lactones) is 1. The van der Waals surface area contributed by atoms with Gasteiger partial charge in [0.1, 0.15) is 6.61 Å². The predicted molar refractivity (Wildman–Crippen MR) is 60.8 cm³/mol. The zero-order valence-electron chi connectivity index (χ0n) is 8.56. The van der Waals surface area contributed by atoms with Crippen molar-refractivity contribution >= 4 is 22.0 Å². The van der Waals surface area contributed by atoms with Crippen molar-refractivity contribution in [2.45, 2.75) is 31.5 Å². The molecule has 1 aliphatic rings. The molecule has 0 aromatic heterocycles. The van der Waals surface area contributed by atoms with Gasteiger partial charge in [-0.25, -0.2) is 4.79 Å². The Kier molecular flexibility index (Phi) is 5.11. The maximum atomic E-state index is 11.4. The normalized spacial score (nSPS) is 22.7. The number of nitrogens with zero attached hydrogens (tertiary/aromatic N) is 1. The Labute approximate surface area is 98.0 Å². The average molecular weight is 278 g/mol. The molecule has 1 aliphatic heterocycles. The van der Waals surface area contributed by atoms with Crippen LogP contribution >= 0.6 is 15.9 Å². The van der Waals surface area contributed by atoms with Gasteiger partial charge in [-0.05, 0) is 19.3 Å². The third-order valence-corrected chi connectivity index (χ3v) is 2.89. The molecule has 15 heavy (non-hydrogen) atoms. The number of hydrogen-bond acceptors (Lipinski definition) is 3. The first-order valence-electron chi connectivity index (χ1n) is 5.00. The average Bonchev–Trinajstić information content (AvgIpc) is 2.54. The van der Waals surface area contributed by atoms with Crippen LogP contribution in [-0.4, -0.2) is 40.3 Å². The molecule has 0 aliphatic carbocycles. The van der Waals surface area contributed by atoms with Gasteiger partial charge in [0.15, 0.2) is 6.23 Å². The largest absolute Gasteiger partial charge is 0.445 e. The van der Waals surface area contributed by atoms with Crippen molar-refractivity contribution in [3.63, 3.8) is 0 Å². The number of allylic oxidation sites excluding steroid dienone is 1. The van der Waals surface area contributed by atoms with Crippen LogP contribution in [0.25, 0.3) is 0 Å². The Balaban J connectivity index is 2.59. The molecule has 5 heteroatoms. The molecule has 86 valence electrons. The van der Waals surface area contributed by atoms with Crippen molar-refractivity contribution in [3.05, 3.63) is 12.7 Å². The number of alkyl halides is 1. The Hall–Kier alpha value is -0.550. The number of aliphatic hydroxyl groups excluding tert-OH is 1. The van der Waals surface area contributed by atoms with Crippen LogP contribution < -0.4 is 0 Å². The number of hydrogen-bond donors (Lipinski definition) is 1. The first kappa shape index (κ1) is 12.5. The zero-order valence-corrected chi connectivity index (χ0v) is 10.1. The van der Waals surface area contributed by atoms with Gasteiger partial charge in [-0.15, -0.1) is 6.58 Å². The van der Waals surface area contributed by atoms with E-state index in [0.29, 0.717) is 0 Å². The summed E-state index contributed by atoms with van der Waals surface area (Å²) in [6.07, 6.45) is 3.04. The summed E-state index contributed by atoms with van der Waals surface area (Å²) in [5.74, 6) is 0. The summed E-state index contributed by atoms with van der Waals surface area (Å²) in [6.45, 7) is 3.72. The monoisotopic (exact) mass is 277 g/mol. The highest BCUT2D eigenvalue weighted by Gasteiger charge is 2.36. The summed E-state index contributed by atoms with van der Waals surface area (Å²) in [6, 6.07) is 0.0207. The summed E-state index contributed by atoms with van der Waals surface area (Å²) in [7, 11) is 0. The minimum Gasteiger partial charge on any atom is -0.445 e. The molecule has 1 saturated heterocycles. The summed E-state index contributed by atoms with van der Waals surface area (Å²) < 4.78 is 4.78. The van der Waals surface area contributed by atoms with Crippen LogP contribution in [0.4, 0.5) is 4.79 Å². The number of ether oxygens (including phenoxy) is 1. The van der Waals surface area contributed by atoms with Crippen molar-refractivity contribution in [1.82, 2.24) is 4.90 Å². The van der Waals surface area contributed by atoms with E-state index in [1.807, 2.05) is 6.08 Å². The van der Waals surface area contributed by atoms with E-state index in [-0.39, 0.29) is 12.6 Å². The second-order valence-corrected chi connectivity index (χ2v) is 4.26. The van der Waals surface area contributed by atoms with E-state index < -0.39 is 12.3 Å². The standard InChI is InChI=1S/C10H16BrNO3/c1-2-3-4-8(5-6-11)12-9(13)7-15-10(12)14/h2,8-9,13H,1,3-7H2/t8-,9?/m0/s1. The molecule has 0 spiro atoms. The maximum absolute atomic E-state index is 11.4. The molecule has 1 amide bonds. The molecule has 1 heterocycles. The van der Waals surface area contributed by atoms with E-state index in [0.717, 1.165) is 24.6 Å². The molecule has 0 bridgehead atoms. The van der Waals surface area contributed by atoms with Gasteiger partial charge in [-0.1, -0.05) is 22.0 Å². The highest BCUT2D eigenvalue weighted by atomic mass is 79.9. The van der Waals surface area contributed by atoms with E-state index in [9.17, 15) is 9.90 Å². The number of carbonyl (C=O) groups is 1. The van der Waals surface area contributed by atoms with E-state index >= 15 is 0 Å². The van der Waals surface area contributed by atoms with Gasteiger partial charge in [0.25, 0.3) is 0 Å². The van der Waals surface area contributed by atoms with E-state index in [1.165, 1.54) is 4.90 Å². The molecule has 1 rings (SSSR count). The molecule has 2 atom stereocenters. The van der Waals surface area contributed by atoms with Gasteiger partial charge in [0.2, 0.25) is 0 Å². The summed E-state index contributed by atoms with van der Waals surface area (Å²) in [5.41, 5.74) is 0. The molecular formula is C10H16BrNO3. The smallest absolute Gasteiger partial charge is 0.412 e. The molecule has 0 saturated carbocycles. The van der Waals surface area contributed by atoms with Crippen LogP contribution in [0.15, 0.2) is 12.7 Å². The Morgan fingerprint density at radius 1 is 1.73 bits per heavy atom. The quantitative estimate of drug-likeness (QED) is 0.596. The maximum Gasteiger partial charge on any atom is 0.412 e. The minimum absolute atomic E-state index is 0.0207. The zero-order chi connectivity index (χ0) is 11.3. The minimum atomic E-state index is -0.800. The van der Waals surface area contributed by atoms with E-state index in [1.54, 1.807) is 0 Å². The first-order valence-corrected chi connectivity index (χ1v) is 6.13. The molecular weight excluding hydrogens is 262 g/mol. The number of aliphatic hydroxyl groups is 1. The Morgan fingerprint density at radius 3 is 2.93 bits per heavy atom. The third-order valence-electron chi connectivity index (χ3n) is 2.43. The Morgan fingerprint density at radius 2 is 2.47 bits per heavy atom. The lowest BCUT2D eigenvalue weighted by molar-refractivity contribution is 0.0324. The summed E-state index contributed by atoms with van der Waals surface area (Å²) in [4.78, 5) is 12.8. The molecule has 0 aromatic rings. The number of amides is 1. The van der Waals surface area contributed by atoms with Crippen molar-refractivity contribution in [1.29, 1.82) is 0 Å². The van der Waals surface area contributed by atoms with Gasteiger partial charge in [0.05, 0.1) is 0 Å². The molecule has 4 nitrogen and oxygen atoms in total. The van der Waals surface area contributed by atoms with Crippen molar-refractivity contribution in [3.8, 4) is 0 Å². The van der Waals surface area contributed by atoms with Crippen molar-refractivity contribution < 1.29 is 14.6 Å². The highest BCUT2D eigenvalue weighted by molar-refractivity contribution is 9.09. The molecule has 0 aromatic carbocycles. The third kappa shape index (κ3) is 3.21. The van der Waals surface area contributed by atoms with Gasteiger partial charge in [-0.2, -0.15) is 0 Å². The fourth-order valence-electron chi connectivity index (χ4n) is 1.67. The second-order valence-electron chi connectivity index (χ2n) is 3.46. The molecule has 0 radical (unpaired) electrons. The van der Waals surface area contributed by atoms with Gasteiger partial charge < -0.3 is 9.84 Å². The lowest BCUT2D eigenvalue weighted by Gasteiger charge is -2.27. The molecule has 1 N–H and O–H groups in total. The van der Waals surface area contributed by atoms with Crippen LogP contribution in [-0.2, 0) is 4.74 Å². The highest BCUT2D eigenvalue weighted by Crippen LogP contribution is 2.20. The Bertz CT molecular complexity index is 235.